The number of guanidine groups is 1. The summed E-state index contributed by atoms with van der Waals surface area (Å²) in [5.41, 5.74) is 0. The summed E-state index contributed by atoms with van der Waals surface area (Å²) in [6, 6.07) is 0.200. The average molecular weight is 470 g/mol. The van der Waals surface area contributed by atoms with Crippen LogP contribution in [0.3, 0.4) is 0 Å². The van der Waals surface area contributed by atoms with Crippen LogP contribution in [0, 0.1) is 0 Å². The van der Waals surface area contributed by atoms with E-state index in [1.807, 2.05) is 13.8 Å². The van der Waals surface area contributed by atoms with E-state index in [1.165, 1.54) is 6.92 Å². The Balaban J connectivity index is 0.00000576. The van der Waals surface area contributed by atoms with Gasteiger partial charge in [0.25, 0.3) is 0 Å². The smallest absolute Gasteiger partial charge is 0.216 e. The molecular formula is C17H35IN4O3. The minimum absolute atomic E-state index is 0. The van der Waals surface area contributed by atoms with Gasteiger partial charge < -0.3 is 25.4 Å². The van der Waals surface area contributed by atoms with Gasteiger partial charge in [-0.25, -0.2) is 0 Å². The van der Waals surface area contributed by atoms with Gasteiger partial charge in [0, 0.05) is 39.8 Å². The number of rotatable bonds is 10. The molecule has 148 valence electrons. The number of hydrogen-bond donors (Lipinski definition) is 3. The zero-order valence-electron chi connectivity index (χ0n) is 16.0. The van der Waals surface area contributed by atoms with Crippen molar-refractivity contribution in [1.29, 1.82) is 0 Å². The van der Waals surface area contributed by atoms with Crippen molar-refractivity contribution in [2.45, 2.75) is 65.2 Å². The molecule has 1 saturated heterocycles. The van der Waals surface area contributed by atoms with Crippen molar-refractivity contribution in [2.75, 3.05) is 32.8 Å². The van der Waals surface area contributed by atoms with Crippen LogP contribution in [0.4, 0.5) is 0 Å². The summed E-state index contributed by atoms with van der Waals surface area (Å²) in [6.45, 7) is 11.1. The lowest BCUT2D eigenvalue weighted by atomic mass is 10.1. The van der Waals surface area contributed by atoms with Crippen molar-refractivity contribution in [3.8, 4) is 0 Å². The Morgan fingerprint density at radius 3 is 2.60 bits per heavy atom. The summed E-state index contributed by atoms with van der Waals surface area (Å²) in [5, 5.41) is 9.43. The Morgan fingerprint density at radius 2 is 2.00 bits per heavy atom. The molecule has 1 fully saturated rings. The Hall–Kier alpha value is -0.610. The molecule has 7 nitrogen and oxygen atoms in total. The van der Waals surface area contributed by atoms with E-state index in [-0.39, 0.29) is 48.1 Å². The van der Waals surface area contributed by atoms with Gasteiger partial charge in [-0.15, -0.1) is 24.0 Å². The quantitative estimate of drug-likeness (QED) is 0.196. The zero-order valence-corrected chi connectivity index (χ0v) is 18.3. The van der Waals surface area contributed by atoms with Crippen LogP contribution >= 0.6 is 24.0 Å². The van der Waals surface area contributed by atoms with Crippen molar-refractivity contribution < 1.29 is 14.3 Å². The Kier molecular flexibility index (Phi) is 14.2. The standard InChI is InChI=1S/C17H34N4O3.HI/c1-13(2)23-12-6-8-19-17(20-10-9-18-15(4)22)21-14(3)16-7-5-11-24-16;/h13-14,16H,5-12H2,1-4H3,(H,18,22)(H2,19,20,21);1H. The average Bonchev–Trinajstić information content (AvgIpc) is 3.04. The number of carbonyl (C=O) groups is 1. The van der Waals surface area contributed by atoms with E-state index in [0.717, 1.165) is 31.8 Å². The summed E-state index contributed by atoms with van der Waals surface area (Å²) in [6.07, 6.45) is 3.56. The van der Waals surface area contributed by atoms with Crippen LogP contribution in [0.15, 0.2) is 4.99 Å². The third-order valence-corrected chi connectivity index (χ3v) is 3.70. The van der Waals surface area contributed by atoms with Crippen LogP contribution in [0.1, 0.15) is 47.0 Å². The fraction of sp³-hybridized carbons (Fsp3) is 0.882. The first-order valence-corrected chi connectivity index (χ1v) is 9.01. The molecule has 1 heterocycles. The first-order valence-electron chi connectivity index (χ1n) is 9.01. The minimum Gasteiger partial charge on any atom is -0.379 e. The monoisotopic (exact) mass is 470 g/mol. The fourth-order valence-corrected chi connectivity index (χ4v) is 2.45. The van der Waals surface area contributed by atoms with Gasteiger partial charge in [0.05, 0.1) is 18.2 Å². The van der Waals surface area contributed by atoms with Gasteiger partial charge >= 0.3 is 0 Å². The van der Waals surface area contributed by atoms with Crippen LogP contribution in [0.25, 0.3) is 0 Å². The molecule has 2 unspecified atom stereocenters. The predicted octanol–water partition coefficient (Wildman–Crippen LogP) is 1.66. The Labute approximate surface area is 169 Å². The van der Waals surface area contributed by atoms with Gasteiger partial charge in [-0.2, -0.15) is 0 Å². The molecule has 0 radical (unpaired) electrons. The lowest BCUT2D eigenvalue weighted by Crippen LogP contribution is -2.48. The topological polar surface area (TPSA) is 84.0 Å². The van der Waals surface area contributed by atoms with Crippen LogP contribution < -0.4 is 16.0 Å². The first kappa shape index (κ1) is 24.4. The third-order valence-electron chi connectivity index (χ3n) is 3.70. The largest absolute Gasteiger partial charge is 0.379 e. The van der Waals surface area contributed by atoms with Gasteiger partial charge in [-0.05, 0) is 40.0 Å². The van der Waals surface area contributed by atoms with Crippen LogP contribution in [-0.2, 0) is 14.3 Å². The van der Waals surface area contributed by atoms with Gasteiger partial charge in [0.2, 0.25) is 5.91 Å². The van der Waals surface area contributed by atoms with E-state index in [2.05, 4.69) is 27.9 Å². The van der Waals surface area contributed by atoms with Crippen molar-refractivity contribution >= 4 is 35.8 Å². The number of hydrogen-bond acceptors (Lipinski definition) is 4. The van der Waals surface area contributed by atoms with E-state index in [9.17, 15) is 4.79 Å². The van der Waals surface area contributed by atoms with E-state index in [4.69, 9.17) is 9.47 Å². The Morgan fingerprint density at radius 1 is 1.28 bits per heavy atom. The molecule has 25 heavy (non-hydrogen) atoms. The molecule has 1 aliphatic rings. The molecule has 2 atom stereocenters. The molecule has 8 heteroatoms. The summed E-state index contributed by atoms with van der Waals surface area (Å²) in [7, 11) is 0. The molecule has 0 aromatic carbocycles. The highest BCUT2D eigenvalue weighted by atomic mass is 127. The molecule has 0 saturated carbocycles. The summed E-state index contributed by atoms with van der Waals surface area (Å²) in [5.74, 6) is 0.731. The normalized spacial score (nSPS) is 18.6. The number of carbonyl (C=O) groups excluding carboxylic acids is 1. The number of aliphatic imine (C=N–C) groups is 1. The maximum atomic E-state index is 10.9. The third kappa shape index (κ3) is 12.4. The van der Waals surface area contributed by atoms with Gasteiger partial charge in [0.15, 0.2) is 5.96 Å². The van der Waals surface area contributed by atoms with Crippen molar-refractivity contribution in [3.05, 3.63) is 0 Å². The van der Waals surface area contributed by atoms with Crippen molar-refractivity contribution in [2.24, 2.45) is 4.99 Å². The van der Waals surface area contributed by atoms with E-state index in [1.54, 1.807) is 0 Å². The van der Waals surface area contributed by atoms with Gasteiger partial charge in [-0.3, -0.25) is 9.79 Å². The molecule has 1 aliphatic heterocycles. The summed E-state index contributed by atoms with van der Waals surface area (Å²) in [4.78, 5) is 15.5. The van der Waals surface area contributed by atoms with E-state index < -0.39 is 0 Å². The lowest BCUT2D eigenvalue weighted by molar-refractivity contribution is -0.118. The van der Waals surface area contributed by atoms with Crippen LogP contribution in [0.2, 0.25) is 0 Å². The predicted molar refractivity (Wildman–Crippen MR) is 112 cm³/mol. The lowest BCUT2D eigenvalue weighted by Gasteiger charge is -2.23. The maximum Gasteiger partial charge on any atom is 0.216 e. The molecule has 0 spiro atoms. The van der Waals surface area contributed by atoms with E-state index in [0.29, 0.717) is 26.2 Å². The minimum atomic E-state index is -0.0261. The zero-order chi connectivity index (χ0) is 17.8. The highest BCUT2D eigenvalue weighted by molar-refractivity contribution is 14.0. The second kappa shape index (κ2) is 14.5. The molecular weight excluding hydrogens is 435 g/mol. The number of nitrogens with one attached hydrogen (secondary N) is 3. The molecule has 0 aromatic rings. The van der Waals surface area contributed by atoms with Crippen molar-refractivity contribution in [1.82, 2.24) is 16.0 Å². The highest BCUT2D eigenvalue weighted by Gasteiger charge is 2.22. The molecule has 3 N–H and O–H groups in total. The second-order valence-corrected chi connectivity index (χ2v) is 6.40. The SMILES string of the molecule is CC(=O)NCCNC(=NCCCOC(C)C)NC(C)C1CCCO1.I. The molecule has 1 rings (SSSR count). The number of amides is 1. The number of nitrogens with zero attached hydrogens (tertiary/aromatic N) is 1. The number of halogens is 1. The number of ether oxygens (including phenoxy) is 2. The van der Waals surface area contributed by atoms with Gasteiger partial charge in [-0.1, -0.05) is 0 Å². The van der Waals surface area contributed by atoms with Crippen LogP contribution in [-0.4, -0.2) is 63.0 Å². The Bertz CT molecular complexity index is 388. The van der Waals surface area contributed by atoms with E-state index >= 15 is 0 Å². The highest BCUT2D eigenvalue weighted by Crippen LogP contribution is 2.15. The van der Waals surface area contributed by atoms with Gasteiger partial charge in [0.1, 0.15) is 0 Å². The molecule has 0 bridgehead atoms. The molecule has 0 aliphatic carbocycles. The summed E-state index contributed by atoms with van der Waals surface area (Å²) < 4.78 is 11.3. The first-order chi connectivity index (χ1) is 11.5. The molecule has 0 aromatic heterocycles. The molecule has 1 amide bonds. The summed E-state index contributed by atoms with van der Waals surface area (Å²) >= 11 is 0. The fourth-order valence-electron chi connectivity index (χ4n) is 2.45. The maximum absolute atomic E-state index is 10.9. The van der Waals surface area contributed by atoms with Crippen molar-refractivity contribution in [3.63, 3.8) is 0 Å². The second-order valence-electron chi connectivity index (χ2n) is 6.40. The van der Waals surface area contributed by atoms with Crippen LogP contribution in [0.5, 0.6) is 0 Å².